The number of benzene rings is 2. The number of azide groups is 1. The first-order valence-corrected chi connectivity index (χ1v) is 6.06. The zero-order valence-corrected chi connectivity index (χ0v) is 10.2. The molecule has 0 amide bonds. The van der Waals surface area contributed by atoms with Gasteiger partial charge in [-0.3, -0.25) is 0 Å². The summed E-state index contributed by atoms with van der Waals surface area (Å²) in [6.07, 6.45) is 3.81. The van der Waals surface area contributed by atoms with Crippen molar-refractivity contribution >= 4 is 27.9 Å². The molecular weight excluding hydrogens is 236 g/mol. The third kappa shape index (κ3) is 2.17. The maximum Gasteiger partial charge on any atom is 0.0470 e. The number of aromatic amines is 1. The van der Waals surface area contributed by atoms with Crippen LogP contribution in [0.25, 0.3) is 38.3 Å². The first kappa shape index (κ1) is 11.4. The van der Waals surface area contributed by atoms with Crippen LogP contribution in [0.15, 0.2) is 53.7 Å². The minimum Gasteiger partial charge on any atom is -0.354 e. The Hall–Kier alpha value is -2.71. The number of nitrogens with one attached hydrogen (secondary N) is 1. The summed E-state index contributed by atoms with van der Waals surface area (Å²) < 4.78 is 0. The van der Waals surface area contributed by atoms with Crippen molar-refractivity contribution in [3.05, 3.63) is 64.5 Å². The Kier molecular flexibility index (Phi) is 2.93. The lowest BCUT2D eigenvalue weighted by atomic mass is 10.1. The second kappa shape index (κ2) is 4.88. The summed E-state index contributed by atoms with van der Waals surface area (Å²) in [5.41, 5.74) is 11.6. The van der Waals surface area contributed by atoms with E-state index in [-0.39, 0.29) is 0 Å². The van der Waals surface area contributed by atoms with Crippen molar-refractivity contribution in [2.24, 2.45) is 5.11 Å². The predicted molar refractivity (Wildman–Crippen MR) is 78.9 cm³/mol. The van der Waals surface area contributed by atoms with E-state index in [4.69, 9.17) is 5.53 Å². The topological polar surface area (TPSA) is 64.6 Å². The third-order valence-electron chi connectivity index (χ3n) is 3.09. The van der Waals surface area contributed by atoms with E-state index in [1.54, 1.807) is 0 Å². The molecule has 0 aliphatic rings. The van der Waals surface area contributed by atoms with Crippen molar-refractivity contribution in [2.75, 3.05) is 6.54 Å². The van der Waals surface area contributed by atoms with Gasteiger partial charge in [-0.25, -0.2) is 0 Å². The molecule has 0 fully saturated rings. The molecule has 19 heavy (non-hydrogen) atoms. The van der Waals surface area contributed by atoms with Gasteiger partial charge in [0.05, 0.1) is 0 Å². The Morgan fingerprint density at radius 3 is 2.84 bits per heavy atom. The van der Waals surface area contributed by atoms with Gasteiger partial charge in [-0.05, 0) is 23.2 Å². The van der Waals surface area contributed by atoms with Crippen molar-refractivity contribution in [3.63, 3.8) is 0 Å². The number of aromatic nitrogens is 1. The lowest BCUT2D eigenvalue weighted by Gasteiger charge is -1.94. The average molecular weight is 248 g/mol. The normalized spacial score (nSPS) is 11.2. The Labute approximate surface area is 110 Å². The van der Waals surface area contributed by atoms with Gasteiger partial charge in [0.25, 0.3) is 0 Å². The molecule has 0 radical (unpaired) electrons. The first-order chi connectivity index (χ1) is 9.38. The number of para-hydroxylation sites is 1. The molecule has 1 heterocycles. The summed E-state index contributed by atoms with van der Waals surface area (Å²) in [5.74, 6) is 0. The Balaban J connectivity index is 2.03. The fraction of sp³-hybridized carbons (Fsp3) is 0.0667. The standard InChI is InChI=1S/C15H12N4/c16-19-17-9-3-4-11-7-8-13-12-5-1-2-6-14(12)18-15(13)10-11/h1-8,10,18H,9H2. The highest BCUT2D eigenvalue weighted by Crippen LogP contribution is 2.26. The SMILES string of the molecule is [N-]=[N+]=NCC=Cc1ccc2c(c1)[nH]c1ccccc12. The number of rotatable bonds is 3. The fourth-order valence-electron chi connectivity index (χ4n) is 2.25. The summed E-state index contributed by atoms with van der Waals surface area (Å²) in [4.78, 5) is 6.12. The largest absolute Gasteiger partial charge is 0.354 e. The van der Waals surface area contributed by atoms with E-state index < -0.39 is 0 Å². The maximum atomic E-state index is 8.20. The molecule has 1 N–H and O–H groups in total. The molecule has 4 heteroatoms. The van der Waals surface area contributed by atoms with Crippen LogP contribution < -0.4 is 0 Å². The number of nitrogens with zero attached hydrogens (tertiary/aromatic N) is 3. The zero-order chi connectivity index (χ0) is 13.1. The second-order valence-electron chi connectivity index (χ2n) is 4.29. The highest BCUT2D eigenvalue weighted by atomic mass is 15.1. The Morgan fingerprint density at radius 2 is 1.95 bits per heavy atom. The summed E-state index contributed by atoms with van der Waals surface area (Å²) >= 11 is 0. The second-order valence-corrected chi connectivity index (χ2v) is 4.29. The van der Waals surface area contributed by atoms with Gasteiger partial charge in [-0.2, -0.15) is 0 Å². The molecule has 3 rings (SSSR count). The van der Waals surface area contributed by atoms with Crippen molar-refractivity contribution in [1.82, 2.24) is 4.98 Å². The Bertz CT molecular complexity index is 807. The molecule has 0 saturated heterocycles. The van der Waals surface area contributed by atoms with Crippen molar-refractivity contribution in [2.45, 2.75) is 0 Å². The molecule has 0 spiro atoms. The minimum absolute atomic E-state index is 0.376. The lowest BCUT2D eigenvalue weighted by Crippen LogP contribution is -1.74. The van der Waals surface area contributed by atoms with Crippen molar-refractivity contribution in [3.8, 4) is 0 Å². The van der Waals surface area contributed by atoms with E-state index in [2.05, 4.69) is 45.3 Å². The van der Waals surface area contributed by atoms with Crippen molar-refractivity contribution < 1.29 is 0 Å². The number of hydrogen-bond donors (Lipinski definition) is 1. The lowest BCUT2D eigenvalue weighted by molar-refractivity contribution is 1.22. The van der Waals surface area contributed by atoms with Gasteiger partial charge in [0.1, 0.15) is 0 Å². The molecule has 1 aromatic heterocycles. The molecule has 0 aliphatic carbocycles. The van der Waals surface area contributed by atoms with E-state index in [0.29, 0.717) is 6.54 Å². The smallest absolute Gasteiger partial charge is 0.0470 e. The molecular formula is C15H12N4. The number of hydrogen-bond acceptors (Lipinski definition) is 1. The summed E-state index contributed by atoms with van der Waals surface area (Å²) in [6.45, 7) is 0.376. The number of fused-ring (bicyclic) bond motifs is 3. The molecule has 3 aromatic rings. The molecule has 0 bridgehead atoms. The third-order valence-corrected chi connectivity index (χ3v) is 3.09. The molecule has 4 nitrogen and oxygen atoms in total. The number of H-pyrrole nitrogens is 1. The Morgan fingerprint density at radius 1 is 1.11 bits per heavy atom. The first-order valence-electron chi connectivity index (χ1n) is 6.06. The fourth-order valence-corrected chi connectivity index (χ4v) is 2.25. The van der Waals surface area contributed by atoms with Gasteiger partial charge < -0.3 is 4.98 Å². The molecule has 0 aliphatic heterocycles. The highest BCUT2D eigenvalue weighted by Gasteiger charge is 2.02. The van der Waals surface area contributed by atoms with E-state index in [1.807, 2.05) is 24.3 Å². The van der Waals surface area contributed by atoms with Crippen LogP contribution in [0.5, 0.6) is 0 Å². The average Bonchev–Trinajstić information content (AvgIpc) is 2.81. The highest BCUT2D eigenvalue weighted by molar-refractivity contribution is 6.07. The van der Waals surface area contributed by atoms with Crippen LogP contribution in [0, 0.1) is 0 Å². The summed E-state index contributed by atoms with van der Waals surface area (Å²) in [7, 11) is 0. The van der Waals surface area contributed by atoms with Crippen LogP contribution >= 0.6 is 0 Å². The van der Waals surface area contributed by atoms with E-state index in [0.717, 1.165) is 16.6 Å². The van der Waals surface area contributed by atoms with E-state index in [1.165, 1.54) is 10.8 Å². The van der Waals surface area contributed by atoms with Gasteiger partial charge in [-0.15, -0.1) is 0 Å². The summed E-state index contributed by atoms with van der Waals surface area (Å²) in [5, 5.41) is 5.93. The van der Waals surface area contributed by atoms with Gasteiger partial charge >= 0.3 is 0 Å². The van der Waals surface area contributed by atoms with Gasteiger partial charge in [0.2, 0.25) is 0 Å². The molecule has 0 unspecified atom stereocenters. The van der Waals surface area contributed by atoms with E-state index >= 15 is 0 Å². The summed E-state index contributed by atoms with van der Waals surface area (Å²) in [6, 6.07) is 14.5. The predicted octanol–water partition coefficient (Wildman–Crippen LogP) is 4.64. The van der Waals surface area contributed by atoms with E-state index in [9.17, 15) is 0 Å². The van der Waals surface area contributed by atoms with Gasteiger partial charge in [0.15, 0.2) is 0 Å². The molecule has 92 valence electrons. The molecule has 2 aromatic carbocycles. The van der Waals surface area contributed by atoms with Crippen LogP contribution in [0.2, 0.25) is 0 Å². The molecule has 0 saturated carbocycles. The van der Waals surface area contributed by atoms with Gasteiger partial charge in [-0.1, -0.05) is 47.6 Å². The van der Waals surface area contributed by atoms with Crippen LogP contribution in [-0.4, -0.2) is 11.5 Å². The molecule has 0 atom stereocenters. The van der Waals surface area contributed by atoms with Crippen LogP contribution in [0.3, 0.4) is 0 Å². The van der Waals surface area contributed by atoms with Crippen LogP contribution in [0.4, 0.5) is 0 Å². The minimum atomic E-state index is 0.376. The van der Waals surface area contributed by atoms with Crippen molar-refractivity contribution in [1.29, 1.82) is 0 Å². The zero-order valence-electron chi connectivity index (χ0n) is 10.2. The van der Waals surface area contributed by atoms with Crippen LogP contribution in [0.1, 0.15) is 5.56 Å². The van der Waals surface area contributed by atoms with Crippen LogP contribution in [-0.2, 0) is 0 Å². The van der Waals surface area contributed by atoms with Gasteiger partial charge in [0, 0.05) is 33.3 Å². The quantitative estimate of drug-likeness (QED) is 0.398. The monoisotopic (exact) mass is 248 g/mol. The maximum absolute atomic E-state index is 8.20.